The van der Waals surface area contributed by atoms with Crippen molar-refractivity contribution >= 4 is 13.1 Å². The Hall–Kier alpha value is -0.585. The summed E-state index contributed by atoms with van der Waals surface area (Å²) < 4.78 is 11.9. The van der Waals surface area contributed by atoms with Crippen LogP contribution >= 0.6 is 0 Å². The van der Waals surface area contributed by atoms with Crippen molar-refractivity contribution in [3.8, 4) is 0 Å². The van der Waals surface area contributed by atoms with Crippen molar-refractivity contribution in [1.29, 1.82) is 0 Å². The van der Waals surface area contributed by atoms with Gasteiger partial charge in [0.15, 0.2) is 0 Å². The van der Waals surface area contributed by atoms with Gasteiger partial charge >= 0.3 is 13.1 Å². The number of carboxylic acids is 1. The van der Waals surface area contributed by atoms with Crippen molar-refractivity contribution in [2.45, 2.75) is 83.5 Å². The van der Waals surface area contributed by atoms with Crippen molar-refractivity contribution < 1.29 is 19.2 Å². The molecule has 2 aliphatic rings. The Bertz CT molecular complexity index is 383. The van der Waals surface area contributed by atoms with E-state index < -0.39 is 12.0 Å². The summed E-state index contributed by atoms with van der Waals surface area (Å²) in [6.07, 6.45) is 3.59. The molecular formula is C15H28BNO4. The average molecular weight is 297 g/mol. The van der Waals surface area contributed by atoms with Crippen LogP contribution in [-0.4, -0.2) is 41.5 Å². The third-order valence-corrected chi connectivity index (χ3v) is 5.17. The SMILES string of the molecule is CC1CC(CCCB2OC(C)(C)C(C)(C)O2)C(C(=O)O)N1. The highest BCUT2D eigenvalue weighted by atomic mass is 16.7. The second-order valence-corrected chi connectivity index (χ2v) is 7.50. The molecule has 0 aromatic carbocycles. The number of carboxylic acid groups (broad SMARTS) is 1. The summed E-state index contributed by atoms with van der Waals surface area (Å²) in [4.78, 5) is 11.2. The number of hydrogen-bond acceptors (Lipinski definition) is 4. The van der Waals surface area contributed by atoms with Gasteiger partial charge in [0.2, 0.25) is 0 Å². The molecule has 0 saturated carbocycles. The third kappa shape index (κ3) is 3.60. The summed E-state index contributed by atoms with van der Waals surface area (Å²) >= 11 is 0. The van der Waals surface area contributed by atoms with Crippen LogP contribution in [0.2, 0.25) is 6.32 Å². The van der Waals surface area contributed by atoms with E-state index in [9.17, 15) is 9.90 Å². The first-order valence-corrected chi connectivity index (χ1v) is 7.97. The molecule has 2 aliphatic heterocycles. The van der Waals surface area contributed by atoms with E-state index in [1.807, 2.05) is 6.92 Å². The van der Waals surface area contributed by atoms with Crippen molar-refractivity contribution in [2.75, 3.05) is 0 Å². The monoisotopic (exact) mass is 297 g/mol. The van der Waals surface area contributed by atoms with Crippen LogP contribution in [0.5, 0.6) is 0 Å². The van der Waals surface area contributed by atoms with E-state index >= 15 is 0 Å². The first kappa shape index (κ1) is 16.8. The first-order valence-electron chi connectivity index (χ1n) is 7.97. The Morgan fingerprint density at radius 2 is 1.86 bits per heavy atom. The van der Waals surface area contributed by atoms with Gasteiger partial charge in [-0.25, -0.2) is 0 Å². The third-order valence-electron chi connectivity index (χ3n) is 5.17. The van der Waals surface area contributed by atoms with Crippen molar-refractivity contribution in [3.05, 3.63) is 0 Å². The number of hydrogen-bond donors (Lipinski definition) is 2. The fourth-order valence-corrected chi connectivity index (χ4v) is 3.29. The maximum Gasteiger partial charge on any atom is 0.457 e. The molecule has 3 unspecified atom stereocenters. The highest BCUT2D eigenvalue weighted by molar-refractivity contribution is 6.45. The lowest BCUT2D eigenvalue weighted by Crippen LogP contribution is -2.41. The molecule has 21 heavy (non-hydrogen) atoms. The molecule has 2 heterocycles. The average Bonchev–Trinajstić information content (AvgIpc) is 2.77. The van der Waals surface area contributed by atoms with Gasteiger partial charge in [0.25, 0.3) is 0 Å². The van der Waals surface area contributed by atoms with Crippen LogP contribution in [0.25, 0.3) is 0 Å². The molecule has 2 fully saturated rings. The molecule has 0 radical (unpaired) electrons. The van der Waals surface area contributed by atoms with Crippen LogP contribution < -0.4 is 5.32 Å². The van der Waals surface area contributed by atoms with E-state index in [1.165, 1.54) is 0 Å². The zero-order valence-corrected chi connectivity index (χ0v) is 13.8. The molecule has 0 aliphatic carbocycles. The topological polar surface area (TPSA) is 67.8 Å². The van der Waals surface area contributed by atoms with Crippen molar-refractivity contribution in [1.82, 2.24) is 5.32 Å². The Kier molecular flexibility index (Phi) is 4.71. The van der Waals surface area contributed by atoms with Gasteiger partial charge in [-0.1, -0.05) is 6.42 Å². The summed E-state index contributed by atoms with van der Waals surface area (Å²) in [7, 11) is -0.176. The van der Waals surface area contributed by atoms with Crippen molar-refractivity contribution in [3.63, 3.8) is 0 Å². The predicted molar refractivity (Wildman–Crippen MR) is 82.3 cm³/mol. The standard InChI is InChI=1S/C15H28BNO4/c1-10-9-11(12(17-10)13(18)19)7-6-8-16-20-14(2,3)15(4,5)21-16/h10-12,17H,6-9H2,1-5H3,(H,18,19). The Balaban J connectivity index is 1.79. The van der Waals surface area contributed by atoms with Gasteiger partial charge in [0.1, 0.15) is 6.04 Å². The van der Waals surface area contributed by atoms with E-state index in [2.05, 4.69) is 33.0 Å². The fraction of sp³-hybridized carbons (Fsp3) is 0.933. The van der Waals surface area contributed by atoms with E-state index in [4.69, 9.17) is 9.31 Å². The zero-order chi connectivity index (χ0) is 15.8. The summed E-state index contributed by atoms with van der Waals surface area (Å²) in [6.45, 7) is 10.3. The molecule has 0 bridgehead atoms. The minimum Gasteiger partial charge on any atom is -0.480 e. The number of nitrogens with one attached hydrogen (secondary N) is 1. The lowest BCUT2D eigenvalue weighted by molar-refractivity contribution is -0.140. The molecule has 0 spiro atoms. The number of carbonyl (C=O) groups is 1. The summed E-state index contributed by atoms with van der Waals surface area (Å²) in [5, 5.41) is 12.4. The smallest absolute Gasteiger partial charge is 0.457 e. The van der Waals surface area contributed by atoms with Crippen LogP contribution in [0, 0.1) is 5.92 Å². The molecule has 5 nitrogen and oxygen atoms in total. The van der Waals surface area contributed by atoms with Gasteiger partial charge in [0, 0.05) is 6.04 Å². The Labute approximate surface area is 127 Å². The van der Waals surface area contributed by atoms with Crippen molar-refractivity contribution in [2.24, 2.45) is 5.92 Å². The van der Waals surface area contributed by atoms with E-state index in [0.29, 0.717) is 0 Å². The minimum absolute atomic E-state index is 0.176. The van der Waals surface area contributed by atoms with Gasteiger partial charge in [0.05, 0.1) is 11.2 Å². The lowest BCUT2D eigenvalue weighted by atomic mass is 9.80. The molecular weight excluding hydrogens is 269 g/mol. The molecule has 2 N–H and O–H groups in total. The van der Waals surface area contributed by atoms with Crippen LogP contribution in [0.15, 0.2) is 0 Å². The largest absolute Gasteiger partial charge is 0.480 e. The molecule has 0 aromatic heterocycles. The number of rotatable bonds is 5. The van der Waals surface area contributed by atoms with Gasteiger partial charge < -0.3 is 19.7 Å². The second kappa shape index (κ2) is 5.90. The fourth-order valence-electron chi connectivity index (χ4n) is 3.29. The molecule has 3 atom stereocenters. The maximum atomic E-state index is 11.2. The lowest BCUT2D eigenvalue weighted by Gasteiger charge is -2.32. The van der Waals surface area contributed by atoms with Gasteiger partial charge in [-0.15, -0.1) is 0 Å². The van der Waals surface area contributed by atoms with Crippen LogP contribution in [-0.2, 0) is 14.1 Å². The summed E-state index contributed by atoms with van der Waals surface area (Å²) in [6, 6.07) is -0.119. The normalized spacial score (nSPS) is 34.3. The molecule has 6 heteroatoms. The van der Waals surface area contributed by atoms with Gasteiger partial charge in [-0.3, -0.25) is 4.79 Å². The Morgan fingerprint density at radius 3 is 2.38 bits per heavy atom. The van der Waals surface area contributed by atoms with Gasteiger partial charge in [-0.05, 0) is 59.7 Å². The van der Waals surface area contributed by atoms with E-state index in [1.54, 1.807) is 0 Å². The first-order chi connectivity index (χ1) is 9.62. The molecule has 0 amide bonds. The van der Waals surface area contributed by atoms with Crippen LogP contribution in [0.4, 0.5) is 0 Å². The van der Waals surface area contributed by atoms with E-state index in [-0.39, 0.29) is 30.3 Å². The highest BCUT2D eigenvalue weighted by Crippen LogP contribution is 2.38. The second-order valence-electron chi connectivity index (χ2n) is 7.50. The van der Waals surface area contributed by atoms with Crippen LogP contribution in [0.3, 0.4) is 0 Å². The molecule has 2 rings (SSSR count). The quantitative estimate of drug-likeness (QED) is 0.762. The van der Waals surface area contributed by atoms with Crippen LogP contribution in [0.1, 0.15) is 53.9 Å². The van der Waals surface area contributed by atoms with E-state index in [0.717, 1.165) is 25.6 Å². The minimum atomic E-state index is -0.736. The molecule has 120 valence electrons. The molecule has 2 saturated heterocycles. The predicted octanol–water partition coefficient (Wildman–Crippen LogP) is 2.31. The zero-order valence-electron chi connectivity index (χ0n) is 13.8. The maximum absolute atomic E-state index is 11.2. The number of aliphatic carboxylic acids is 1. The summed E-state index contributed by atoms with van der Waals surface area (Å²) in [5.74, 6) is -0.528. The molecule has 0 aromatic rings. The Morgan fingerprint density at radius 1 is 1.29 bits per heavy atom. The summed E-state index contributed by atoms with van der Waals surface area (Å²) in [5.41, 5.74) is -0.574. The highest BCUT2D eigenvalue weighted by Gasteiger charge is 2.50. The van der Waals surface area contributed by atoms with Gasteiger partial charge in [-0.2, -0.15) is 0 Å².